The van der Waals surface area contributed by atoms with E-state index in [0.717, 1.165) is 0 Å². The third-order valence-corrected chi connectivity index (χ3v) is 1.53. The number of alkyl halides is 3. The molecule has 0 aliphatic rings. The molecule has 2 amide bonds. The Hall–Kier alpha value is -1.47. The van der Waals surface area contributed by atoms with Crippen molar-refractivity contribution >= 4 is 12.0 Å². The van der Waals surface area contributed by atoms with Crippen LogP contribution in [0.4, 0.5) is 18.0 Å². The summed E-state index contributed by atoms with van der Waals surface area (Å²) in [4.78, 5) is 22.0. The highest BCUT2D eigenvalue weighted by Gasteiger charge is 2.27. The molecule has 18 heavy (non-hydrogen) atoms. The second-order valence-corrected chi connectivity index (χ2v) is 4.65. The van der Waals surface area contributed by atoms with E-state index in [-0.39, 0.29) is 13.0 Å². The summed E-state index contributed by atoms with van der Waals surface area (Å²) >= 11 is 0. The van der Waals surface area contributed by atoms with E-state index in [1.165, 1.54) is 0 Å². The molecule has 106 valence electrons. The fourth-order valence-electron chi connectivity index (χ4n) is 0.866. The standard InChI is InChI=1S/C10H17F3N2O3/c1-9(2,3)15-8(17)18-5-4-7(16)14-6-10(11,12)13/h4-6H2,1-3H3,(H,14,16)(H,15,17). The molecule has 0 aromatic heterocycles. The number of alkyl carbamates (subject to hydrolysis) is 1. The van der Waals surface area contributed by atoms with Crippen molar-refractivity contribution in [1.82, 2.24) is 10.6 Å². The molecule has 0 heterocycles. The van der Waals surface area contributed by atoms with Crippen LogP contribution in [-0.4, -0.2) is 36.9 Å². The van der Waals surface area contributed by atoms with E-state index in [2.05, 4.69) is 10.1 Å². The van der Waals surface area contributed by atoms with Crippen LogP contribution in [0.25, 0.3) is 0 Å². The van der Waals surface area contributed by atoms with E-state index in [1.54, 1.807) is 26.1 Å². The van der Waals surface area contributed by atoms with Gasteiger partial charge in [0.25, 0.3) is 0 Å². The molecule has 0 radical (unpaired) electrons. The molecule has 2 N–H and O–H groups in total. The average molecular weight is 270 g/mol. The summed E-state index contributed by atoms with van der Waals surface area (Å²) in [6, 6.07) is 0. The minimum absolute atomic E-state index is 0.272. The Balaban J connectivity index is 3.72. The zero-order chi connectivity index (χ0) is 14.4. The van der Waals surface area contributed by atoms with Crippen LogP contribution in [0.15, 0.2) is 0 Å². The van der Waals surface area contributed by atoms with Crippen LogP contribution >= 0.6 is 0 Å². The van der Waals surface area contributed by atoms with Gasteiger partial charge in [-0.2, -0.15) is 13.2 Å². The maximum absolute atomic E-state index is 11.7. The average Bonchev–Trinajstić information content (AvgIpc) is 2.10. The van der Waals surface area contributed by atoms with E-state index in [0.29, 0.717) is 0 Å². The van der Waals surface area contributed by atoms with Crippen LogP contribution in [0.3, 0.4) is 0 Å². The van der Waals surface area contributed by atoms with Gasteiger partial charge in [0, 0.05) is 5.54 Å². The number of amides is 2. The van der Waals surface area contributed by atoms with Crippen LogP contribution in [0.2, 0.25) is 0 Å². The van der Waals surface area contributed by atoms with Gasteiger partial charge < -0.3 is 15.4 Å². The van der Waals surface area contributed by atoms with Crippen molar-refractivity contribution in [3.05, 3.63) is 0 Å². The molecule has 8 heteroatoms. The summed E-state index contributed by atoms with van der Waals surface area (Å²) < 4.78 is 39.9. The first-order valence-electron chi connectivity index (χ1n) is 5.28. The number of hydrogen-bond donors (Lipinski definition) is 2. The molecule has 0 saturated heterocycles. The molecule has 0 unspecified atom stereocenters. The number of nitrogens with one attached hydrogen (secondary N) is 2. The maximum atomic E-state index is 11.7. The number of hydrogen-bond acceptors (Lipinski definition) is 3. The van der Waals surface area contributed by atoms with E-state index in [9.17, 15) is 22.8 Å². The fraction of sp³-hybridized carbons (Fsp3) is 0.800. The monoisotopic (exact) mass is 270 g/mol. The predicted octanol–water partition coefficient (Wildman–Crippen LogP) is 1.58. The van der Waals surface area contributed by atoms with Crippen molar-refractivity contribution in [2.24, 2.45) is 0 Å². The van der Waals surface area contributed by atoms with Crippen LogP contribution in [0, 0.1) is 0 Å². The maximum Gasteiger partial charge on any atom is 0.407 e. The molecule has 0 atom stereocenters. The number of carbonyl (C=O) groups excluding carboxylic acids is 2. The number of rotatable bonds is 4. The quantitative estimate of drug-likeness (QED) is 0.815. The van der Waals surface area contributed by atoms with Crippen LogP contribution in [-0.2, 0) is 9.53 Å². The number of ether oxygens (including phenoxy) is 1. The molecule has 0 bridgehead atoms. The van der Waals surface area contributed by atoms with Crippen LogP contribution < -0.4 is 10.6 Å². The Labute approximate surface area is 103 Å². The van der Waals surface area contributed by atoms with Gasteiger partial charge >= 0.3 is 12.3 Å². The second-order valence-electron chi connectivity index (χ2n) is 4.65. The summed E-state index contributed by atoms with van der Waals surface area (Å²) in [5.41, 5.74) is -0.477. The molecule has 0 aromatic rings. The Morgan fingerprint density at radius 1 is 1.17 bits per heavy atom. The van der Waals surface area contributed by atoms with Gasteiger partial charge in [-0.05, 0) is 20.8 Å². The normalized spacial score (nSPS) is 11.9. The first-order chi connectivity index (χ1) is 7.99. The SMILES string of the molecule is CC(C)(C)NC(=O)OCCC(=O)NCC(F)(F)F. The molecule has 5 nitrogen and oxygen atoms in total. The third kappa shape index (κ3) is 11.0. The Morgan fingerprint density at radius 3 is 2.17 bits per heavy atom. The summed E-state index contributed by atoms with van der Waals surface area (Å²) in [6.07, 6.45) is -5.47. The molecular formula is C10H17F3N2O3. The minimum Gasteiger partial charge on any atom is -0.449 e. The zero-order valence-corrected chi connectivity index (χ0v) is 10.5. The largest absolute Gasteiger partial charge is 0.449 e. The lowest BCUT2D eigenvalue weighted by molar-refractivity contribution is -0.138. The lowest BCUT2D eigenvalue weighted by Gasteiger charge is -2.19. The molecular weight excluding hydrogens is 253 g/mol. The van der Waals surface area contributed by atoms with E-state index in [1.807, 2.05) is 0 Å². The minimum atomic E-state index is -4.44. The lowest BCUT2D eigenvalue weighted by Crippen LogP contribution is -2.41. The topological polar surface area (TPSA) is 67.4 Å². The van der Waals surface area contributed by atoms with Crippen molar-refractivity contribution in [2.45, 2.75) is 38.9 Å². The van der Waals surface area contributed by atoms with Gasteiger partial charge in [-0.15, -0.1) is 0 Å². The van der Waals surface area contributed by atoms with Crippen molar-refractivity contribution in [3.8, 4) is 0 Å². The fourth-order valence-corrected chi connectivity index (χ4v) is 0.866. The van der Waals surface area contributed by atoms with E-state index in [4.69, 9.17) is 0 Å². The summed E-state index contributed by atoms with van der Waals surface area (Å²) in [6.45, 7) is 3.56. The van der Waals surface area contributed by atoms with Crippen molar-refractivity contribution in [3.63, 3.8) is 0 Å². The molecule has 0 aliphatic carbocycles. The smallest absolute Gasteiger partial charge is 0.407 e. The first kappa shape index (κ1) is 16.5. The van der Waals surface area contributed by atoms with Crippen LogP contribution in [0.1, 0.15) is 27.2 Å². The van der Waals surface area contributed by atoms with Crippen molar-refractivity contribution in [1.29, 1.82) is 0 Å². The lowest BCUT2D eigenvalue weighted by atomic mass is 10.1. The molecule has 0 rings (SSSR count). The first-order valence-corrected chi connectivity index (χ1v) is 5.28. The van der Waals surface area contributed by atoms with Gasteiger partial charge in [0.15, 0.2) is 0 Å². The van der Waals surface area contributed by atoms with Gasteiger partial charge in [-0.25, -0.2) is 4.79 Å². The van der Waals surface area contributed by atoms with Gasteiger partial charge in [-0.1, -0.05) is 0 Å². The van der Waals surface area contributed by atoms with Gasteiger partial charge in [0.1, 0.15) is 13.2 Å². The van der Waals surface area contributed by atoms with Crippen molar-refractivity contribution in [2.75, 3.05) is 13.2 Å². The highest BCUT2D eigenvalue weighted by atomic mass is 19.4. The Morgan fingerprint density at radius 2 is 1.72 bits per heavy atom. The molecule has 0 aromatic carbocycles. The third-order valence-electron chi connectivity index (χ3n) is 1.53. The second kappa shape index (κ2) is 6.46. The molecule has 0 saturated carbocycles. The molecule has 0 aliphatic heterocycles. The van der Waals surface area contributed by atoms with Gasteiger partial charge in [0.05, 0.1) is 6.42 Å². The Bertz CT molecular complexity index is 298. The summed E-state index contributed by atoms with van der Waals surface area (Å²) in [5.74, 6) is -0.823. The van der Waals surface area contributed by atoms with Gasteiger partial charge in [-0.3, -0.25) is 4.79 Å². The highest BCUT2D eigenvalue weighted by Crippen LogP contribution is 2.12. The highest BCUT2D eigenvalue weighted by molar-refractivity contribution is 5.76. The van der Waals surface area contributed by atoms with Crippen molar-refractivity contribution < 1.29 is 27.5 Å². The van der Waals surface area contributed by atoms with E-state index >= 15 is 0 Å². The molecule has 0 spiro atoms. The predicted molar refractivity (Wildman–Crippen MR) is 57.9 cm³/mol. The number of carbonyl (C=O) groups is 2. The zero-order valence-electron chi connectivity index (χ0n) is 10.5. The van der Waals surface area contributed by atoms with E-state index < -0.39 is 30.3 Å². The Kier molecular flexibility index (Phi) is 5.93. The summed E-state index contributed by atoms with van der Waals surface area (Å²) in [7, 11) is 0. The number of halogens is 3. The molecule has 0 fully saturated rings. The van der Waals surface area contributed by atoms with Gasteiger partial charge in [0.2, 0.25) is 5.91 Å². The summed E-state index contributed by atoms with van der Waals surface area (Å²) in [5, 5.41) is 4.15. The van der Waals surface area contributed by atoms with Crippen LogP contribution in [0.5, 0.6) is 0 Å².